The Morgan fingerprint density at radius 1 is 1.25 bits per heavy atom. The van der Waals surface area contributed by atoms with E-state index in [0.717, 1.165) is 11.3 Å². The summed E-state index contributed by atoms with van der Waals surface area (Å²) in [6.45, 7) is 6.87. The molecule has 0 unspecified atom stereocenters. The summed E-state index contributed by atoms with van der Waals surface area (Å²) in [4.78, 5) is 4.23. The van der Waals surface area contributed by atoms with E-state index < -0.39 is 0 Å². The molecular weight excluding hydrogens is 272 g/mol. The van der Waals surface area contributed by atoms with Crippen molar-refractivity contribution in [3.05, 3.63) is 52.8 Å². The Morgan fingerprint density at radius 2 is 2.05 bits per heavy atom. The van der Waals surface area contributed by atoms with Gasteiger partial charge in [0.2, 0.25) is 0 Å². The van der Waals surface area contributed by atoms with Crippen LogP contribution < -0.4 is 10.1 Å². The molecule has 0 saturated heterocycles. The number of aromatic nitrogens is 1. The number of para-hydroxylation sites is 1. The first-order chi connectivity index (χ1) is 9.56. The molecule has 0 aliphatic rings. The number of benzene rings is 1. The summed E-state index contributed by atoms with van der Waals surface area (Å²) >= 11 is 6.25. The number of hydrogen-bond donors (Lipinski definition) is 1. The van der Waals surface area contributed by atoms with Gasteiger partial charge >= 0.3 is 0 Å². The van der Waals surface area contributed by atoms with E-state index in [4.69, 9.17) is 16.3 Å². The lowest BCUT2D eigenvalue weighted by Gasteiger charge is -2.14. The van der Waals surface area contributed by atoms with Crippen molar-refractivity contribution in [2.45, 2.75) is 33.4 Å². The molecule has 0 aliphatic carbocycles. The van der Waals surface area contributed by atoms with Crippen LogP contribution in [0.15, 0.2) is 36.5 Å². The molecule has 1 heterocycles. The second-order valence-electron chi connectivity index (χ2n) is 5.00. The Labute approximate surface area is 124 Å². The van der Waals surface area contributed by atoms with Gasteiger partial charge in [0.15, 0.2) is 5.75 Å². The van der Waals surface area contributed by atoms with Crippen LogP contribution in [0.1, 0.15) is 25.1 Å². The number of aryl methyl sites for hydroxylation is 1. The van der Waals surface area contributed by atoms with Gasteiger partial charge in [-0.1, -0.05) is 37.6 Å². The fraction of sp³-hybridized carbons (Fsp3) is 0.312. The molecule has 2 rings (SSSR count). The highest BCUT2D eigenvalue weighted by molar-refractivity contribution is 6.32. The first-order valence-corrected chi connectivity index (χ1v) is 7.05. The van der Waals surface area contributed by atoms with Gasteiger partial charge in [0.1, 0.15) is 5.75 Å². The van der Waals surface area contributed by atoms with Gasteiger partial charge in [0, 0.05) is 23.8 Å². The Hall–Kier alpha value is -1.58. The average Bonchev–Trinajstić information content (AvgIpc) is 2.41. The van der Waals surface area contributed by atoms with E-state index in [-0.39, 0.29) is 0 Å². The van der Waals surface area contributed by atoms with E-state index in [1.54, 1.807) is 6.20 Å². The maximum absolute atomic E-state index is 6.25. The van der Waals surface area contributed by atoms with Crippen LogP contribution >= 0.6 is 11.6 Å². The van der Waals surface area contributed by atoms with E-state index in [9.17, 15) is 0 Å². The average molecular weight is 291 g/mol. The maximum Gasteiger partial charge on any atom is 0.150 e. The molecule has 1 aromatic carbocycles. The zero-order chi connectivity index (χ0) is 14.5. The molecule has 0 fully saturated rings. The number of rotatable bonds is 5. The van der Waals surface area contributed by atoms with Crippen molar-refractivity contribution in [3.63, 3.8) is 0 Å². The van der Waals surface area contributed by atoms with Crippen LogP contribution in [0.4, 0.5) is 0 Å². The monoisotopic (exact) mass is 290 g/mol. The molecule has 0 radical (unpaired) electrons. The van der Waals surface area contributed by atoms with Crippen molar-refractivity contribution in [1.29, 1.82) is 0 Å². The highest BCUT2D eigenvalue weighted by atomic mass is 35.5. The van der Waals surface area contributed by atoms with Gasteiger partial charge < -0.3 is 10.1 Å². The minimum absolute atomic E-state index is 0.405. The Bertz CT molecular complexity index is 567. The van der Waals surface area contributed by atoms with Crippen molar-refractivity contribution in [1.82, 2.24) is 10.3 Å². The normalized spacial score (nSPS) is 10.8. The smallest absolute Gasteiger partial charge is 0.150 e. The summed E-state index contributed by atoms with van der Waals surface area (Å²) in [6.07, 6.45) is 1.71. The van der Waals surface area contributed by atoms with E-state index in [0.29, 0.717) is 29.1 Å². The first-order valence-electron chi connectivity index (χ1n) is 6.67. The lowest BCUT2D eigenvalue weighted by atomic mass is 10.2. The largest absolute Gasteiger partial charge is 0.454 e. The fourth-order valence-electron chi connectivity index (χ4n) is 1.75. The SMILES string of the molecule is Cc1ccc(Oc2c(Cl)cccc2CNC(C)C)cn1. The van der Waals surface area contributed by atoms with Crippen molar-refractivity contribution >= 4 is 11.6 Å². The highest BCUT2D eigenvalue weighted by Gasteiger charge is 2.10. The molecule has 0 spiro atoms. The van der Waals surface area contributed by atoms with E-state index >= 15 is 0 Å². The highest BCUT2D eigenvalue weighted by Crippen LogP contribution is 2.32. The quantitative estimate of drug-likeness (QED) is 0.890. The minimum Gasteiger partial charge on any atom is -0.454 e. The van der Waals surface area contributed by atoms with E-state index in [2.05, 4.69) is 24.1 Å². The fourth-order valence-corrected chi connectivity index (χ4v) is 1.99. The van der Waals surface area contributed by atoms with Gasteiger partial charge in [-0.15, -0.1) is 0 Å². The van der Waals surface area contributed by atoms with Crippen molar-refractivity contribution < 1.29 is 4.74 Å². The van der Waals surface area contributed by atoms with E-state index in [1.807, 2.05) is 37.3 Å². The molecule has 0 aliphatic heterocycles. The summed E-state index contributed by atoms with van der Waals surface area (Å²) in [5.41, 5.74) is 1.99. The number of ether oxygens (including phenoxy) is 1. The summed E-state index contributed by atoms with van der Waals surface area (Å²) in [5.74, 6) is 1.38. The number of hydrogen-bond acceptors (Lipinski definition) is 3. The summed E-state index contributed by atoms with van der Waals surface area (Å²) in [5, 5.41) is 3.98. The molecule has 0 bridgehead atoms. The van der Waals surface area contributed by atoms with E-state index in [1.165, 1.54) is 0 Å². The third-order valence-corrected chi connectivity index (χ3v) is 3.15. The molecule has 0 atom stereocenters. The Kier molecular flexibility index (Phi) is 4.99. The van der Waals surface area contributed by atoms with Crippen LogP contribution in [0, 0.1) is 6.92 Å². The Balaban J connectivity index is 2.23. The molecule has 20 heavy (non-hydrogen) atoms. The van der Waals surface area contributed by atoms with Crippen LogP contribution in [0.5, 0.6) is 11.5 Å². The summed E-state index contributed by atoms with van der Waals surface area (Å²) < 4.78 is 5.89. The third kappa shape index (κ3) is 3.95. The van der Waals surface area contributed by atoms with Gasteiger partial charge in [-0.05, 0) is 25.1 Å². The van der Waals surface area contributed by atoms with Crippen LogP contribution in [-0.2, 0) is 6.54 Å². The van der Waals surface area contributed by atoms with Crippen molar-refractivity contribution in [2.75, 3.05) is 0 Å². The molecule has 3 nitrogen and oxygen atoms in total. The first kappa shape index (κ1) is 14.8. The second-order valence-corrected chi connectivity index (χ2v) is 5.41. The lowest BCUT2D eigenvalue weighted by molar-refractivity contribution is 0.467. The molecule has 106 valence electrons. The van der Waals surface area contributed by atoms with Gasteiger partial charge in [-0.2, -0.15) is 0 Å². The third-order valence-electron chi connectivity index (χ3n) is 2.85. The van der Waals surface area contributed by atoms with Crippen LogP contribution in [0.2, 0.25) is 5.02 Å². The van der Waals surface area contributed by atoms with Crippen molar-refractivity contribution in [3.8, 4) is 11.5 Å². The molecule has 1 aromatic heterocycles. The predicted molar refractivity (Wildman–Crippen MR) is 82.5 cm³/mol. The Morgan fingerprint density at radius 3 is 2.70 bits per heavy atom. The van der Waals surface area contributed by atoms with Crippen LogP contribution in [0.3, 0.4) is 0 Å². The number of nitrogens with one attached hydrogen (secondary N) is 1. The maximum atomic E-state index is 6.25. The molecule has 4 heteroatoms. The lowest BCUT2D eigenvalue weighted by Crippen LogP contribution is -2.22. The zero-order valence-corrected chi connectivity index (χ0v) is 12.7. The predicted octanol–water partition coefficient (Wildman–Crippen LogP) is 4.33. The number of pyridine rings is 1. The standard InChI is InChI=1S/C16H19ClN2O/c1-11(2)18-9-13-5-4-6-15(17)16(13)20-14-8-7-12(3)19-10-14/h4-8,10-11,18H,9H2,1-3H3. The number of nitrogens with zero attached hydrogens (tertiary/aromatic N) is 1. The molecule has 2 aromatic rings. The van der Waals surface area contributed by atoms with Gasteiger partial charge in [-0.25, -0.2) is 0 Å². The molecule has 1 N–H and O–H groups in total. The molecule has 0 saturated carbocycles. The second kappa shape index (κ2) is 6.73. The molecule has 0 amide bonds. The summed E-state index contributed by atoms with van der Waals surface area (Å²) in [7, 11) is 0. The molecular formula is C16H19ClN2O. The van der Waals surface area contributed by atoms with Gasteiger partial charge in [0.05, 0.1) is 11.2 Å². The van der Waals surface area contributed by atoms with Gasteiger partial charge in [-0.3, -0.25) is 4.98 Å². The summed E-state index contributed by atoms with van der Waals surface area (Å²) in [6, 6.07) is 9.99. The van der Waals surface area contributed by atoms with Crippen LogP contribution in [-0.4, -0.2) is 11.0 Å². The zero-order valence-electron chi connectivity index (χ0n) is 12.0. The topological polar surface area (TPSA) is 34.1 Å². The van der Waals surface area contributed by atoms with Crippen LogP contribution in [0.25, 0.3) is 0 Å². The van der Waals surface area contributed by atoms with Crippen molar-refractivity contribution in [2.24, 2.45) is 0 Å². The number of halogens is 1. The van der Waals surface area contributed by atoms with Gasteiger partial charge in [0.25, 0.3) is 0 Å². The minimum atomic E-state index is 0.405.